The number of para-hydroxylation sites is 1. The molecular formula is C18H17N3O3S. The second-order valence-electron chi connectivity index (χ2n) is 5.39. The summed E-state index contributed by atoms with van der Waals surface area (Å²) in [7, 11) is 0. The molecule has 6 nitrogen and oxygen atoms in total. The smallest absolute Gasteiger partial charge is 0.348 e. The number of benzene rings is 1. The lowest BCUT2D eigenvalue weighted by molar-refractivity contribution is -0.119. The molecule has 7 heteroatoms. The minimum Gasteiger partial charge on any atom is -0.451 e. The fourth-order valence-electron chi connectivity index (χ4n) is 2.42. The molecule has 2 aromatic heterocycles. The van der Waals surface area contributed by atoms with Gasteiger partial charge < -0.3 is 10.1 Å². The van der Waals surface area contributed by atoms with Gasteiger partial charge in [-0.2, -0.15) is 5.10 Å². The summed E-state index contributed by atoms with van der Waals surface area (Å²) in [6, 6.07) is 13.1. The van der Waals surface area contributed by atoms with Gasteiger partial charge in [-0.1, -0.05) is 24.3 Å². The molecule has 0 saturated heterocycles. The molecule has 0 aliphatic rings. The summed E-state index contributed by atoms with van der Waals surface area (Å²) in [5.41, 5.74) is 3.04. The Labute approximate surface area is 149 Å². The molecule has 3 rings (SSSR count). The predicted octanol–water partition coefficient (Wildman–Crippen LogP) is 3.35. The van der Waals surface area contributed by atoms with Gasteiger partial charge in [0.05, 0.1) is 22.8 Å². The van der Waals surface area contributed by atoms with E-state index in [1.165, 1.54) is 11.3 Å². The van der Waals surface area contributed by atoms with Crippen molar-refractivity contribution in [3.63, 3.8) is 0 Å². The lowest BCUT2D eigenvalue weighted by atomic mass is 10.3. The van der Waals surface area contributed by atoms with Gasteiger partial charge in [-0.15, -0.1) is 11.3 Å². The molecule has 0 bridgehead atoms. The first-order chi connectivity index (χ1) is 12.1. The second kappa shape index (κ2) is 7.31. The molecule has 0 spiro atoms. The minimum absolute atomic E-state index is 0.341. The van der Waals surface area contributed by atoms with Crippen LogP contribution in [0.25, 0.3) is 5.69 Å². The lowest BCUT2D eigenvalue weighted by Crippen LogP contribution is -2.21. The van der Waals surface area contributed by atoms with Crippen LogP contribution in [0.1, 0.15) is 21.1 Å². The average molecular weight is 355 g/mol. The van der Waals surface area contributed by atoms with Crippen molar-refractivity contribution >= 4 is 28.9 Å². The van der Waals surface area contributed by atoms with Crippen LogP contribution in [-0.2, 0) is 9.53 Å². The van der Waals surface area contributed by atoms with Crippen LogP contribution in [0.2, 0.25) is 0 Å². The number of ether oxygens (including phenoxy) is 1. The highest BCUT2D eigenvalue weighted by Gasteiger charge is 2.16. The van der Waals surface area contributed by atoms with Crippen molar-refractivity contribution in [1.29, 1.82) is 0 Å². The fraction of sp³-hybridized carbons (Fsp3) is 0.167. The Bertz CT molecular complexity index is 886. The van der Waals surface area contributed by atoms with E-state index >= 15 is 0 Å². The van der Waals surface area contributed by atoms with Gasteiger partial charge in [-0.25, -0.2) is 9.48 Å². The zero-order valence-corrected chi connectivity index (χ0v) is 14.7. The van der Waals surface area contributed by atoms with Crippen LogP contribution in [0.5, 0.6) is 0 Å². The molecule has 0 radical (unpaired) electrons. The lowest BCUT2D eigenvalue weighted by Gasteiger charge is -2.07. The number of nitrogens with zero attached hydrogens (tertiary/aromatic N) is 2. The van der Waals surface area contributed by atoms with Crippen molar-refractivity contribution in [1.82, 2.24) is 9.78 Å². The summed E-state index contributed by atoms with van der Waals surface area (Å²) in [6.07, 6.45) is 0. The molecule has 1 N–H and O–H groups in total. The molecule has 0 unspecified atom stereocenters. The average Bonchev–Trinajstić information content (AvgIpc) is 3.25. The minimum atomic E-state index is -0.501. The third kappa shape index (κ3) is 3.77. The Kier molecular flexibility index (Phi) is 4.95. The molecule has 128 valence electrons. The van der Waals surface area contributed by atoms with E-state index in [1.807, 2.05) is 44.2 Å². The largest absolute Gasteiger partial charge is 0.451 e. The van der Waals surface area contributed by atoms with Gasteiger partial charge in [0.25, 0.3) is 5.91 Å². The Morgan fingerprint density at radius 1 is 1.16 bits per heavy atom. The maximum atomic E-state index is 12.1. The Hall–Kier alpha value is -2.93. The summed E-state index contributed by atoms with van der Waals surface area (Å²) < 4.78 is 6.79. The molecule has 2 heterocycles. The first-order valence-corrected chi connectivity index (χ1v) is 8.56. The molecule has 1 aromatic carbocycles. The van der Waals surface area contributed by atoms with Gasteiger partial charge >= 0.3 is 5.97 Å². The number of rotatable bonds is 5. The van der Waals surface area contributed by atoms with Crippen LogP contribution in [0.15, 0.2) is 47.8 Å². The maximum absolute atomic E-state index is 12.1. The van der Waals surface area contributed by atoms with Crippen LogP contribution in [0.4, 0.5) is 5.69 Å². The van der Waals surface area contributed by atoms with Crippen molar-refractivity contribution in [2.24, 2.45) is 0 Å². The van der Waals surface area contributed by atoms with E-state index in [-0.39, 0.29) is 6.61 Å². The summed E-state index contributed by atoms with van der Waals surface area (Å²) in [5.74, 6) is -0.901. The highest BCUT2D eigenvalue weighted by Crippen LogP contribution is 2.22. The Morgan fingerprint density at radius 3 is 2.60 bits per heavy atom. The van der Waals surface area contributed by atoms with Crippen LogP contribution < -0.4 is 5.32 Å². The number of thiophene rings is 1. The van der Waals surface area contributed by atoms with E-state index in [2.05, 4.69) is 10.4 Å². The molecule has 25 heavy (non-hydrogen) atoms. The van der Waals surface area contributed by atoms with Crippen molar-refractivity contribution in [2.45, 2.75) is 13.8 Å². The number of aromatic nitrogens is 2. The van der Waals surface area contributed by atoms with E-state index in [0.717, 1.165) is 11.4 Å². The number of carbonyl (C=O) groups is 2. The third-order valence-corrected chi connectivity index (χ3v) is 4.46. The van der Waals surface area contributed by atoms with Crippen molar-refractivity contribution in [2.75, 3.05) is 11.9 Å². The zero-order valence-electron chi connectivity index (χ0n) is 13.9. The quantitative estimate of drug-likeness (QED) is 0.713. The number of esters is 1. The first-order valence-electron chi connectivity index (χ1n) is 7.68. The van der Waals surface area contributed by atoms with Gasteiger partial charge in [-0.3, -0.25) is 4.79 Å². The molecule has 1 amide bonds. The van der Waals surface area contributed by atoms with Gasteiger partial charge in [0.15, 0.2) is 6.61 Å². The molecule has 0 fully saturated rings. The highest BCUT2D eigenvalue weighted by molar-refractivity contribution is 7.11. The van der Waals surface area contributed by atoms with E-state index in [1.54, 1.807) is 22.2 Å². The van der Waals surface area contributed by atoms with Crippen molar-refractivity contribution < 1.29 is 14.3 Å². The standard InChI is InChI=1S/C18H17N3O3S/c1-12-17(13(2)21(20-12)14-7-4-3-5-8-14)19-16(22)11-24-18(23)15-9-6-10-25-15/h3-10H,11H2,1-2H3,(H,19,22). The van der Waals surface area contributed by atoms with Gasteiger partial charge in [0.1, 0.15) is 4.88 Å². The second-order valence-corrected chi connectivity index (χ2v) is 6.34. The molecular weight excluding hydrogens is 338 g/mol. The third-order valence-electron chi connectivity index (χ3n) is 3.61. The van der Waals surface area contributed by atoms with Crippen LogP contribution in [0, 0.1) is 13.8 Å². The van der Waals surface area contributed by atoms with Gasteiger partial charge in [0, 0.05) is 0 Å². The van der Waals surface area contributed by atoms with Crippen LogP contribution in [0.3, 0.4) is 0 Å². The Balaban J connectivity index is 1.67. The first kappa shape index (κ1) is 16.9. The van der Waals surface area contributed by atoms with E-state index in [4.69, 9.17) is 4.74 Å². The van der Waals surface area contributed by atoms with Gasteiger partial charge in [-0.05, 0) is 37.4 Å². The number of nitrogens with one attached hydrogen (secondary N) is 1. The maximum Gasteiger partial charge on any atom is 0.348 e. The number of hydrogen-bond donors (Lipinski definition) is 1. The van der Waals surface area contributed by atoms with Crippen LogP contribution >= 0.6 is 11.3 Å². The predicted molar refractivity (Wildman–Crippen MR) is 96.3 cm³/mol. The normalized spacial score (nSPS) is 10.5. The zero-order chi connectivity index (χ0) is 17.8. The number of anilines is 1. The van der Waals surface area contributed by atoms with Gasteiger partial charge in [0.2, 0.25) is 0 Å². The van der Waals surface area contributed by atoms with E-state index < -0.39 is 11.9 Å². The van der Waals surface area contributed by atoms with Crippen LogP contribution in [-0.4, -0.2) is 28.3 Å². The molecule has 0 atom stereocenters. The Morgan fingerprint density at radius 2 is 1.92 bits per heavy atom. The summed E-state index contributed by atoms with van der Waals surface area (Å²) in [6.45, 7) is 3.35. The molecule has 0 aliphatic carbocycles. The monoisotopic (exact) mass is 355 g/mol. The molecule has 3 aromatic rings. The number of carbonyl (C=O) groups excluding carboxylic acids is 2. The summed E-state index contributed by atoms with van der Waals surface area (Å²) in [5, 5.41) is 9.02. The fourth-order valence-corrected chi connectivity index (χ4v) is 3.03. The number of amides is 1. The number of aryl methyl sites for hydroxylation is 1. The SMILES string of the molecule is Cc1nn(-c2ccccc2)c(C)c1NC(=O)COC(=O)c1cccs1. The molecule has 0 aliphatic heterocycles. The summed E-state index contributed by atoms with van der Waals surface area (Å²) in [4.78, 5) is 24.4. The van der Waals surface area contributed by atoms with Crippen molar-refractivity contribution in [3.8, 4) is 5.69 Å². The summed E-state index contributed by atoms with van der Waals surface area (Å²) >= 11 is 1.27. The molecule has 0 saturated carbocycles. The highest BCUT2D eigenvalue weighted by atomic mass is 32.1. The van der Waals surface area contributed by atoms with E-state index in [0.29, 0.717) is 16.3 Å². The van der Waals surface area contributed by atoms with Crippen molar-refractivity contribution in [3.05, 3.63) is 64.1 Å². The number of hydrogen-bond acceptors (Lipinski definition) is 5. The van der Waals surface area contributed by atoms with E-state index in [9.17, 15) is 9.59 Å². The topological polar surface area (TPSA) is 73.2 Å².